The minimum absolute atomic E-state index is 0.103. The van der Waals surface area contributed by atoms with Gasteiger partial charge in [-0.1, -0.05) is 31.2 Å². The molecule has 3 aromatic rings. The monoisotopic (exact) mass is 295 g/mol. The van der Waals surface area contributed by atoms with Gasteiger partial charge in [0, 0.05) is 12.6 Å². The summed E-state index contributed by atoms with van der Waals surface area (Å²) in [6, 6.07) is 16.2. The van der Waals surface area contributed by atoms with Crippen molar-refractivity contribution in [3.8, 4) is 17.1 Å². The summed E-state index contributed by atoms with van der Waals surface area (Å²) in [5.74, 6) is 1.73. The molecule has 0 radical (unpaired) electrons. The molecule has 0 aliphatic carbocycles. The lowest BCUT2D eigenvalue weighted by Crippen LogP contribution is -2.25. The number of rotatable bonds is 5. The quantitative estimate of drug-likeness (QED) is 0.784. The van der Waals surface area contributed by atoms with Crippen molar-refractivity contribution in [1.82, 2.24) is 9.55 Å². The van der Waals surface area contributed by atoms with Crippen molar-refractivity contribution in [2.75, 3.05) is 7.11 Å². The van der Waals surface area contributed by atoms with Crippen LogP contribution >= 0.6 is 0 Å². The number of para-hydroxylation sites is 3. The van der Waals surface area contributed by atoms with Crippen LogP contribution in [0.2, 0.25) is 0 Å². The molecule has 1 aromatic heterocycles. The predicted molar refractivity (Wildman–Crippen MR) is 90.0 cm³/mol. The lowest BCUT2D eigenvalue weighted by molar-refractivity contribution is 0.415. The van der Waals surface area contributed by atoms with Crippen LogP contribution in [0.15, 0.2) is 48.5 Å². The van der Waals surface area contributed by atoms with Crippen molar-refractivity contribution in [3.63, 3.8) is 0 Å². The van der Waals surface area contributed by atoms with Gasteiger partial charge >= 0.3 is 0 Å². The maximum atomic E-state index is 6.19. The summed E-state index contributed by atoms with van der Waals surface area (Å²) in [6.07, 6.45) is 0.928. The molecule has 0 saturated carbocycles. The molecule has 1 atom stereocenters. The standard InChI is InChI=1S/C18H21N3O/c1-3-13(19)12-21-16-10-6-5-9-15(16)20-18(21)14-8-4-7-11-17(14)22-2/h4-11,13H,3,12,19H2,1-2H3. The van der Waals surface area contributed by atoms with Crippen molar-refractivity contribution in [2.24, 2.45) is 5.73 Å². The minimum atomic E-state index is 0.103. The second-order valence-corrected chi connectivity index (χ2v) is 5.40. The van der Waals surface area contributed by atoms with E-state index < -0.39 is 0 Å². The fourth-order valence-electron chi connectivity index (χ4n) is 2.66. The lowest BCUT2D eigenvalue weighted by atomic mass is 10.1. The van der Waals surface area contributed by atoms with Gasteiger partial charge in [-0.3, -0.25) is 0 Å². The highest BCUT2D eigenvalue weighted by molar-refractivity contribution is 5.82. The first-order chi connectivity index (χ1) is 10.7. The van der Waals surface area contributed by atoms with Crippen molar-refractivity contribution in [1.29, 1.82) is 0 Å². The summed E-state index contributed by atoms with van der Waals surface area (Å²) in [4.78, 5) is 4.81. The molecule has 114 valence electrons. The number of hydrogen-bond donors (Lipinski definition) is 1. The molecule has 1 heterocycles. The number of benzene rings is 2. The van der Waals surface area contributed by atoms with Crippen LogP contribution in [0.25, 0.3) is 22.4 Å². The van der Waals surface area contributed by atoms with Gasteiger partial charge in [-0.25, -0.2) is 4.98 Å². The highest BCUT2D eigenvalue weighted by Gasteiger charge is 2.16. The van der Waals surface area contributed by atoms with E-state index in [0.29, 0.717) is 0 Å². The SMILES string of the molecule is CCC(N)Cn1c(-c2ccccc2OC)nc2ccccc21. The van der Waals surface area contributed by atoms with Crippen LogP contribution in [0.4, 0.5) is 0 Å². The van der Waals surface area contributed by atoms with Crippen LogP contribution in [-0.2, 0) is 6.54 Å². The zero-order valence-electron chi connectivity index (χ0n) is 13.0. The van der Waals surface area contributed by atoms with Gasteiger partial charge in [-0.15, -0.1) is 0 Å². The predicted octanol–water partition coefficient (Wildman–Crippen LogP) is 3.45. The molecule has 0 aliphatic rings. The van der Waals surface area contributed by atoms with Crippen molar-refractivity contribution in [3.05, 3.63) is 48.5 Å². The van der Waals surface area contributed by atoms with Gasteiger partial charge in [-0.05, 0) is 30.7 Å². The van der Waals surface area contributed by atoms with Gasteiger partial charge < -0.3 is 15.0 Å². The molecule has 1 unspecified atom stereocenters. The Hall–Kier alpha value is -2.33. The van der Waals surface area contributed by atoms with Gasteiger partial charge in [0.05, 0.1) is 23.7 Å². The van der Waals surface area contributed by atoms with Crippen LogP contribution < -0.4 is 10.5 Å². The van der Waals surface area contributed by atoms with Crippen molar-refractivity contribution in [2.45, 2.75) is 25.9 Å². The van der Waals surface area contributed by atoms with E-state index in [4.69, 9.17) is 15.5 Å². The topological polar surface area (TPSA) is 53.1 Å². The van der Waals surface area contributed by atoms with Crippen LogP contribution in [0, 0.1) is 0 Å². The Balaban J connectivity index is 2.21. The summed E-state index contributed by atoms with van der Waals surface area (Å²) in [5.41, 5.74) is 9.27. The Labute approximate surface area is 130 Å². The minimum Gasteiger partial charge on any atom is -0.496 e. The van der Waals surface area contributed by atoms with Gasteiger partial charge in [-0.2, -0.15) is 0 Å². The molecule has 22 heavy (non-hydrogen) atoms. The molecule has 0 bridgehead atoms. The number of nitrogens with two attached hydrogens (primary N) is 1. The maximum Gasteiger partial charge on any atom is 0.144 e. The third-order valence-electron chi connectivity index (χ3n) is 3.94. The highest BCUT2D eigenvalue weighted by Crippen LogP contribution is 2.31. The molecule has 3 rings (SSSR count). The van der Waals surface area contributed by atoms with Crippen molar-refractivity contribution < 1.29 is 4.74 Å². The number of hydrogen-bond acceptors (Lipinski definition) is 3. The second-order valence-electron chi connectivity index (χ2n) is 5.40. The first-order valence-electron chi connectivity index (χ1n) is 7.58. The smallest absolute Gasteiger partial charge is 0.144 e. The first kappa shape index (κ1) is 14.6. The van der Waals surface area contributed by atoms with Crippen LogP contribution in [-0.4, -0.2) is 22.7 Å². The maximum absolute atomic E-state index is 6.19. The van der Waals surface area contributed by atoms with Crippen LogP contribution in [0.3, 0.4) is 0 Å². The Morgan fingerprint density at radius 1 is 1.14 bits per heavy atom. The number of aromatic nitrogens is 2. The Kier molecular flexibility index (Phi) is 4.11. The summed E-state index contributed by atoms with van der Waals surface area (Å²) in [6.45, 7) is 2.84. The van der Waals surface area contributed by atoms with Crippen molar-refractivity contribution >= 4 is 11.0 Å². The van der Waals surface area contributed by atoms with Crippen LogP contribution in [0.1, 0.15) is 13.3 Å². The zero-order valence-corrected chi connectivity index (χ0v) is 13.0. The van der Waals surface area contributed by atoms with Gasteiger partial charge in [0.25, 0.3) is 0 Å². The Bertz CT molecular complexity index is 779. The van der Waals surface area contributed by atoms with Crippen LogP contribution in [0.5, 0.6) is 5.75 Å². The van der Waals surface area contributed by atoms with E-state index in [2.05, 4.69) is 17.6 Å². The molecular weight excluding hydrogens is 274 g/mol. The number of fused-ring (bicyclic) bond motifs is 1. The Morgan fingerprint density at radius 2 is 1.86 bits per heavy atom. The molecule has 0 spiro atoms. The number of imidazole rings is 1. The van der Waals surface area contributed by atoms with E-state index in [9.17, 15) is 0 Å². The lowest BCUT2D eigenvalue weighted by Gasteiger charge is -2.15. The summed E-state index contributed by atoms with van der Waals surface area (Å²) >= 11 is 0. The zero-order chi connectivity index (χ0) is 15.5. The van der Waals surface area contributed by atoms with Gasteiger partial charge in [0.2, 0.25) is 0 Å². The fourth-order valence-corrected chi connectivity index (χ4v) is 2.66. The number of methoxy groups -OCH3 is 1. The average Bonchev–Trinajstić information content (AvgIpc) is 2.93. The van der Waals surface area contributed by atoms with Gasteiger partial charge in [0.1, 0.15) is 11.6 Å². The third-order valence-corrected chi connectivity index (χ3v) is 3.94. The molecule has 2 N–H and O–H groups in total. The van der Waals surface area contributed by atoms with E-state index in [0.717, 1.165) is 41.1 Å². The number of ether oxygens (including phenoxy) is 1. The largest absolute Gasteiger partial charge is 0.496 e. The summed E-state index contributed by atoms with van der Waals surface area (Å²) < 4.78 is 7.69. The van der Waals surface area contributed by atoms with E-state index in [1.807, 2.05) is 42.5 Å². The molecule has 0 amide bonds. The first-order valence-corrected chi connectivity index (χ1v) is 7.58. The summed E-state index contributed by atoms with van der Waals surface area (Å²) in [5, 5.41) is 0. The van der Waals surface area contributed by atoms with E-state index in [-0.39, 0.29) is 6.04 Å². The van der Waals surface area contributed by atoms with E-state index in [1.165, 1.54) is 0 Å². The molecule has 0 aliphatic heterocycles. The molecular formula is C18H21N3O. The third kappa shape index (κ3) is 2.57. The van der Waals surface area contributed by atoms with Gasteiger partial charge in [0.15, 0.2) is 0 Å². The highest BCUT2D eigenvalue weighted by atomic mass is 16.5. The molecule has 2 aromatic carbocycles. The second kappa shape index (κ2) is 6.20. The number of nitrogens with zero attached hydrogens (tertiary/aromatic N) is 2. The molecule has 4 heteroatoms. The average molecular weight is 295 g/mol. The normalized spacial score (nSPS) is 12.5. The fraction of sp³-hybridized carbons (Fsp3) is 0.278. The summed E-state index contributed by atoms with van der Waals surface area (Å²) in [7, 11) is 1.68. The molecule has 0 saturated heterocycles. The van der Waals surface area contributed by atoms with E-state index in [1.54, 1.807) is 7.11 Å². The Morgan fingerprint density at radius 3 is 2.64 bits per heavy atom. The molecule has 0 fully saturated rings. The van der Waals surface area contributed by atoms with E-state index >= 15 is 0 Å². The molecule has 4 nitrogen and oxygen atoms in total.